The molecule has 0 heterocycles. The molecule has 1 aromatic carbocycles. The highest BCUT2D eigenvalue weighted by molar-refractivity contribution is 5.43. The molecule has 1 nitrogen and oxygen atoms in total. The van der Waals surface area contributed by atoms with E-state index in [0.29, 0.717) is 12.0 Å². The van der Waals surface area contributed by atoms with Crippen LogP contribution in [0.2, 0.25) is 0 Å². The maximum Gasteiger partial charge on any atom is 0.0342 e. The van der Waals surface area contributed by atoms with E-state index in [1.165, 1.54) is 5.69 Å². The minimum absolute atomic E-state index is 0.481. The van der Waals surface area contributed by atoms with Gasteiger partial charge in [-0.1, -0.05) is 38.1 Å². The fraction of sp³-hybridized carbons (Fsp3) is 0.385. The predicted octanol–water partition coefficient (Wildman–Crippen LogP) is 3.70. The van der Waals surface area contributed by atoms with E-state index in [0.717, 1.165) is 6.42 Å². The molecule has 0 spiro atoms. The molecule has 0 saturated heterocycles. The van der Waals surface area contributed by atoms with Crippen LogP contribution in [0.1, 0.15) is 20.3 Å². The first kappa shape index (κ1) is 10.8. The van der Waals surface area contributed by atoms with E-state index in [2.05, 4.69) is 37.9 Å². The van der Waals surface area contributed by atoms with E-state index in [-0.39, 0.29) is 0 Å². The number of benzene rings is 1. The first-order valence-electron chi connectivity index (χ1n) is 5.16. The van der Waals surface area contributed by atoms with Gasteiger partial charge < -0.3 is 5.32 Å². The molecule has 0 aliphatic heterocycles. The zero-order chi connectivity index (χ0) is 10.4. The average Bonchev–Trinajstić information content (AvgIpc) is 2.18. The quantitative estimate of drug-likeness (QED) is 0.696. The van der Waals surface area contributed by atoms with E-state index in [9.17, 15) is 0 Å². The summed E-state index contributed by atoms with van der Waals surface area (Å²) >= 11 is 0. The van der Waals surface area contributed by atoms with Crippen molar-refractivity contribution in [2.45, 2.75) is 26.3 Å². The molecule has 1 atom stereocenters. The van der Waals surface area contributed by atoms with Gasteiger partial charge in [-0.15, -0.1) is 6.58 Å². The van der Waals surface area contributed by atoms with Crippen LogP contribution in [0.5, 0.6) is 0 Å². The maximum atomic E-state index is 3.78. The highest BCUT2D eigenvalue weighted by Crippen LogP contribution is 2.14. The summed E-state index contributed by atoms with van der Waals surface area (Å²) in [6.45, 7) is 8.24. The van der Waals surface area contributed by atoms with Crippen molar-refractivity contribution in [3.8, 4) is 0 Å². The number of hydrogen-bond donors (Lipinski definition) is 1. The summed E-state index contributed by atoms with van der Waals surface area (Å²) in [4.78, 5) is 0. The zero-order valence-corrected chi connectivity index (χ0v) is 9.03. The lowest BCUT2D eigenvalue weighted by atomic mass is 10.0. The molecule has 1 unspecified atom stereocenters. The molecular weight excluding hydrogens is 170 g/mol. The third kappa shape index (κ3) is 3.25. The molecule has 0 aliphatic rings. The highest BCUT2D eigenvalue weighted by atomic mass is 14.9. The largest absolute Gasteiger partial charge is 0.382 e. The molecule has 76 valence electrons. The molecule has 0 amide bonds. The molecule has 14 heavy (non-hydrogen) atoms. The molecule has 0 aliphatic carbocycles. The van der Waals surface area contributed by atoms with Crippen molar-refractivity contribution in [1.82, 2.24) is 0 Å². The second-order valence-corrected chi connectivity index (χ2v) is 3.89. The molecule has 1 heteroatoms. The summed E-state index contributed by atoms with van der Waals surface area (Å²) < 4.78 is 0. The van der Waals surface area contributed by atoms with Gasteiger partial charge in [-0.3, -0.25) is 0 Å². The molecule has 0 bridgehead atoms. The van der Waals surface area contributed by atoms with E-state index in [4.69, 9.17) is 0 Å². The van der Waals surface area contributed by atoms with Gasteiger partial charge in [0, 0.05) is 11.7 Å². The van der Waals surface area contributed by atoms with Gasteiger partial charge >= 0.3 is 0 Å². The van der Waals surface area contributed by atoms with Gasteiger partial charge in [0.05, 0.1) is 0 Å². The van der Waals surface area contributed by atoms with Crippen LogP contribution in [0, 0.1) is 5.92 Å². The second kappa shape index (κ2) is 5.48. The molecule has 1 N–H and O–H groups in total. The number of rotatable bonds is 5. The number of nitrogens with one attached hydrogen (secondary N) is 1. The molecular formula is C13H19N. The minimum atomic E-state index is 0.481. The lowest BCUT2D eigenvalue weighted by Gasteiger charge is -2.22. The van der Waals surface area contributed by atoms with Crippen LogP contribution in [0.25, 0.3) is 0 Å². The first-order valence-corrected chi connectivity index (χ1v) is 5.16. The predicted molar refractivity (Wildman–Crippen MR) is 63.5 cm³/mol. The van der Waals surface area contributed by atoms with Gasteiger partial charge in [0.2, 0.25) is 0 Å². The number of para-hydroxylation sites is 1. The van der Waals surface area contributed by atoms with Crippen LogP contribution in [0.3, 0.4) is 0 Å². The van der Waals surface area contributed by atoms with Crippen LogP contribution in [0.15, 0.2) is 43.0 Å². The van der Waals surface area contributed by atoms with Crippen molar-refractivity contribution in [2.75, 3.05) is 5.32 Å². The van der Waals surface area contributed by atoms with E-state index < -0.39 is 0 Å². The van der Waals surface area contributed by atoms with Gasteiger partial charge in [-0.2, -0.15) is 0 Å². The number of hydrogen-bond acceptors (Lipinski definition) is 1. The van der Waals surface area contributed by atoms with Crippen molar-refractivity contribution < 1.29 is 0 Å². The van der Waals surface area contributed by atoms with Crippen LogP contribution in [0.4, 0.5) is 5.69 Å². The Balaban J connectivity index is 2.60. The molecule has 0 fully saturated rings. The summed E-state index contributed by atoms with van der Waals surface area (Å²) in [6.07, 6.45) is 2.98. The normalized spacial score (nSPS) is 12.5. The Labute approximate surface area is 86.8 Å². The molecule has 1 rings (SSSR count). The fourth-order valence-electron chi connectivity index (χ4n) is 1.43. The van der Waals surface area contributed by atoms with Crippen LogP contribution in [-0.4, -0.2) is 6.04 Å². The monoisotopic (exact) mass is 189 g/mol. The highest BCUT2D eigenvalue weighted by Gasteiger charge is 2.10. The Morgan fingerprint density at radius 3 is 2.43 bits per heavy atom. The Morgan fingerprint density at radius 2 is 1.93 bits per heavy atom. The van der Waals surface area contributed by atoms with Crippen molar-refractivity contribution >= 4 is 5.69 Å². The Morgan fingerprint density at radius 1 is 1.29 bits per heavy atom. The fourth-order valence-corrected chi connectivity index (χ4v) is 1.43. The van der Waals surface area contributed by atoms with E-state index in [1.54, 1.807) is 0 Å². The van der Waals surface area contributed by atoms with Crippen molar-refractivity contribution in [3.05, 3.63) is 43.0 Å². The summed E-state index contributed by atoms with van der Waals surface area (Å²) in [5, 5.41) is 3.51. The van der Waals surface area contributed by atoms with Gasteiger partial charge in [-0.25, -0.2) is 0 Å². The lowest BCUT2D eigenvalue weighted by Crippen LogP contribution is -2.24. The Kier molecular flexibility index (Phi) is 4.24. The van der Waals surface area contributed by atoms with E-state index in [1.807, 2.05) is 24.3 Å². The topological polar surface area (TPSA) is 12.0 Å². The number of anilines is 1. The van der Waals surface area contributed by atoms with Crippen molar-refractivity contribution in [1.29, 1.82) is 0 Å². The van der Waals surface area contributed by atoms with Crippen molar-refractivity contribution in [2.24, 2.45) is 5.92 Å². The zero-order valence-electron chi connectivity index (χ0n) is 9.03. The standard InChI is InChI=1S/C13H19N/c1-4-8-13(11(2)3)14-12-9-6-5-7-10-12/h4-7,9-11,13-14H,1,8H2,2-3H3. The van der Waals surface area contributed by atoms with Gasteiger partial charge in [0.15, 0.2) is 0 Å². The van der Waals surface area contributed by atoms with Crippen LogP contribution >= 0.6 is 0 Å². The molecule has 0 radical (unpaired) electrons. The van der Waals surface area contributed by atoms with Gasteiger partial charge in [-0.05, 0) is 24.5 Å². The van der Waals surface area contributed by atoms with E-state index >= 15 is 0 Å². The van der Waals surface area contributed by atoms with Gasteiger partial charge in [0.1, 0.15) is 0 Å². The van der Waals surface area contributed by atoms with Crippen LogP contribution < -0.4 is 5.32 Å². The molecule has 1 aromatic rings. The van der Waals surface area contributed by atoms with Gasteiger partial charge in [0.25, 0.3) is 0 Å². The smallest absolute Gasteiger partial charge is 0.0342 e. The summed E-state index contributed by atoms with van der Waals surface area (Å²) in [5.74, 6) is 0.619. The Bertz CT molecular complexity index is 264. The summed E-state index contributed by atoms with van der Waals surface area (Å²) in [7, 11) is 0. The average molecular weight is 189 g/mol. The molecule has 0 saturated carbocycles. The van der Waals surface area contributed by atoms with Crippen molar-refractivity contribution in [3.63, 3.8) is 0 Å². The summed E-state index contributed by atoms with van der Waals surface area (Å²) in [6, 6.07) is 10.8. The Hall–Kier alpha value is -1.24. The SMILES string of the molecule is C=CCC(Nc1ccccc1)C(C)C. The van der Waals surface area contributed by atoms with Crippen LogP contribution in [-0.2, 0) is 0 Å². The third-order valence-corrected chi connectivity index (χ3v) is 2.35. The molecule has 0 aromatic heterocycles. The second-order valence-electron chi connectivity index (χ2n) is 3.89. The lowest BCUT2D eigenvalue weighted by molar-refractivity contribution is 0.528. The first-order chi connectivity index (χ1) is 6.74. The third-order valence-electron chi connectivity index (χ3n) is 2.35. The maximum absolute atomic E-state index is 3.78. The minimum Gasteiger partial charge on any atom is -0.382 e. The summed E-state index contributed by atoms with van der Waals surface area (Å²) in [5.41, 5.74) is 1.19.